The second-order valence-corrected chi connectivity index (χ2v) is 5.47. The van der Waals surface area contributed by atoms with Gasteiger partial charge < -0.3 is 5.11 Å². The fourth-order valence-electron chi connectivity index (χ4n) is 3.43. The Morgan fingerprint density at radius 1 is 1.53 bits per heavy atom. The van der Waals surface area contributed by atoms with Gasteiger partial charge in [0.05, 0.1) is 5.92 Å². The van der Waals surface area contributed by atoms with E-state index in [9.17, 15) is 9.90 Å². The van der Waals surface area contributed by atoms with E-state index in [4.69, 9.17) is 0 Å². The van der Waals surface area contributed by atoms with E-state index < -0.39 is 6.10 Å². The molecular weight excluding hydrogens is 212 g/mol. The maximum absolute atomic E-state index is 12.4. The Kier molecular flexibility index (Phi) is 3.53. The van der Waals surface area contributed by atoms with Crippen molar-refractivity contribution in [2.24, 2.45) is 11.3 Å². The molecule has 1 N–H and O–H groups in total. The summed E-state index contributed by atoms with van der Waals surface area (Å²) in [6.07, 6.45) is 10.6. The van der Waals surface area contributed by atoms with Gasteiger partial charge in [0.15, 0.2) is 5.78 Å². The molecule has 1 spiro atoms. The molecule has 17 heavy (non-hydrogen) atoms. The standard InChI is InChI=1S/C15H22O2/c1-3-12(16)14(17)13-11(2)7-6-10-15(13)8-4-5-9-15/h6-7,10,12-13,16H,3-5,8-9H2,1-2H3. The van der Waals surface area contributed by atoms with Crippen molar-refractivity contribution in [2.45, 2.75) is 52.1 Å². The van der Waals surface area contributed by atoms with Crippen molar-refractivity contribution in [3.8, 4) is 0 Å². The zero-order valence-corrected chi connectivity index (χ0v) is 10.8. The molecule has 94 valence electrons. The fraction of sp³-hybridized carbons (Fsp3) is 0.667. The molecule has 0 radical (unpaired) electrons. The SMILES string of the molecule is CCC(O)C(=O)C1C(C)=CC=CC12CCCC2. The van der Waals surface area contributed by atoms with E-state index >= 15 is 0 Å². The van der Waals surface area contributed by atoms with Crippen LogP contribution in [0, 0.1) is 11.3 Å². The third-order valence-electron chi connectivity index (χ3n) is 4.35. The Bertz CT molecular complexity index is 359. The van der Waals surface area contributed by atoms with Crippen LogP contribution in [0.3, 0.4) is 0 Å². The maximum atomic E-state index is 12.4. The first-order valence-electron chi connectivity index (χ1n) is 6.68. The lowest BCUT2D eigenvalue weighted by molar-refractivity contribution is -0.133. The number of ketones is 1. The van der Waals surface area contributed by atoms with Gasteiger partial charge in [0.25, 0.3) is 0 Å². The molecule has 2 aliphatic carbocycles. The first-order valence-corrected chi connectivity index (χ1v) is 6.68. The average molecular weight is 234 g/mol. The molecule has 0 aromatic rings. The van der Waals surface area contributed by atoms with E-state index in [1.54, 1.807) is 0 Å². The minimum Gasteiger partial charge on any atom is -0.385 e. The summed E-state index contributed by atoms with van der Waals surface area (Å²) >= 11 is 0. The van der Waals surface area contributed by atoms with Gasteiger partial charge in [-0.1, -0.05) is 43.6 Å². The highest BCUT2D eigenvalue weighted by Gasteiger charge is 2.45. The molecule has 2 aliphatic rings. The van der Waals surface area contributed by atoms with E-state index in [1.807, 2.05) is 19.9 Å². The molecule has 2 atom stereocenters. The molecule has 2 rings (SSSR count). The molecular formula is C15H22O2. The second-order valence-electron chi connectivity index (χ2n) is 5.47. The van der Waals surface area contributed by atoms with Crippen molar-refractivity contribution in [1.29, 1.82) is 0 Å². The van der Waals surface area contributed by atoms with E-state index in [0.29, 0.717) is 6.42 Å². The van der Waals surface area contributed by atoms with Gasteiger partial charge in [0.2, 0.25) is 0 Å². The lowest BCUT2D eigenvalue weighted by Gasteiger charge is -2.37. The summed E-state index contributed by atoms with van der Waals surface area (Å²) in [5, 5.41) is 9.84. The predicted molar refractivity (Wildman–Crippen MR) is 68.6 cm³/mol. The summed E-state index contributed by atoms with van der Waals surface area (Å²) < 4.78 is 0. The van der Waals surface area contributed by atoms with Crippen LogP contribution in [0.15, 0.2) is 23.8 Å². The Morgan fingerprint density at radius 2 is 2.18 bits per heavy atom. The summed E-state index contributed by atoms with van der Waals surface area (Å²) in [6, 6.07) is 0. The molecule has 0 aliphatic heterocycles. The quantitative estimate of drug-likeness (QED) is 0.815. The number of rotatable bonds is 3. The summed E-state index contributed by atoms with van der Waals surface area (Å²) in [6.45, 7) is 3.89. The maximum Gasteiger partial charge on any atom is 0.169 e. The summed E-state index contributed by atoms with van der Waals surface area (Å²) in [5.41, 5.74) is 1.12. The van der Waals surface area contributed by atoms with Gasteiger partial charge in [-0.25, -0.2) is 0 Å². The van der Waals surface area contributed by atoms with Gasteiger partial charge in [-0.2, -0.15) is 0 Å². The smallest absolute Gasteiger partial charge is 0.169 e. The van der Waals surface area contributed by atoms with Gasteiger partial charge in [0, 0.05) is 5.41 Å². The zero-order chi connectivity index (χ0) is 12.5. The van der Waals surface area contributed by atoms with Crippen molar-refractivity contribution in [2.75, 3.05) is 0 Å². The number of allylic oxidation sites excluding steroid dienone is 4. The molecule has 2 nitrogen and oxygen atoms in total. The minimum atomic E-state index is -0.799. The molecule has 0 aromatic carbocycles. The van der Waals surface area contributed by atoms with Crippen LogP contribution in [0.4, 0.5) is 0 Å². The molecule has 1 saturated carbocycles. The Labute approximate surface area is 103 Å². The summed E-state index contributed by atoms with van der Waals surface area (Å²) in [7, 11) is 0. The normalized spacial score (nSPS) is 28.2. The molecule has 0 aromatic heterocycles. The molecule has 1 fully saturated rings. The van der Waals surface area contributed by atoms with E-state index in [2.05, 4.69) is 12.2 Å². The lowest BCUT2D eigenvalue weighted by atomic mass is 9.65. The van der Waals surface area contributed by atoms with Crippen molar-refractivity contribution in [3.63, 3.8) is 0 Å². The van der Waals surface area contributed by atoms with Crippen molar-refractivity contribution < 1.29 is 9.90 Å². The number of hydrogen-bond acceptors (Lipinski definition) is 2. The van der Waals surface area contributed by atoms with Gasteiger partial charge in [-0.05, 0) is 26.2 Å². The summed E-state index contributed by atoms with van der Waals surface area (Å²) in [5.74, 6) is -0.0718. The van der Waals surface area contributed by atoms with Crippen LogP contribution in [0.5, 0.6) is 0 Å². The minimum absolute atomic E-state index is 0.00602. The number of hydrogen-bond donors (Lipinski definition) is 1. The van der Waals surface area contributed by atoms with Crippen LogP contribution in [0.25, 0.3) is 0 Å². The number of carbonyl (C=O) groups excluding carboxylic acids is 1. The third-order valence-corrected chi connectivity index (χ3v) is 4.35. The van der Waals surface area contributed by atoms with E-state index in [-0.39, 0.29) is 17.1 Å². The molecule has 2 unspecified atom stereocenters. The topological polar surface area (TPSA) is 37.3 Å². The average Bonchev–Trinajstić information content (AvgIpc) is 2.76. The Balaban J connectivity index is 2.30. The number of aliphatic hydroxyl groups excluding tert-OH is 1. The van der Waals surface area contributed by atoms with Crippen LogP contribution in [-0.4, -0.2) is 17.0 Å². The van der Waals surface area contributed by atoms with Gasteiger partial charge in [0.1, 0.15) is 6.10 Å². The largest absolute Gasteiger partial charge is 0.385 e. The Morgan fingerprint density at radius 3 is 2.76 bits per heavy atom. The van der Waals surface area contributed by atoms with Gasteiger partial charge >= 0.3 is 0 Å². The second kappa shape index (κ2) is 4.77. The van der Waals surface area contributed by atoms with Crippen LogP contribution in [-0.2, 0) is 4.79 Å². The van der Waals surface area contributed by atoms with Crippen LogP contribution in [0.1, 0.15) is 46.0 Å². The van der Waals surface area contributed by atoms with E-state index in [0.717, 1.165) is 18.4 Å². The van der Waals surface area contributed by atoms with Crippen molar-refractivity contribution >= 4 is 5.78 Å². The molecule has 2 heteroatoms. The third kappa shape index (κ3) is 2.11. The number of aliphatic hydroxyl groups is 1. The predicted octanol–water partition coefficient (Wildman–Crippen LogP) is 3.02. The first kappa shape index (κ1) is 12.6. The highest BCUT2D eigenvalue weighted by Crippen LogP contribution is 2.50. The summed E-state index contributed by atoms with van der Waals surface area (Å²) in [4.78, 5) is 12.4. The van der Waals surface area contributed by atoms with Crippen LogP contribution >= 0.6 is 0 Å². The molecule has 0 bridgehead atoms. The molecule has 0 amide bonds. The van der Waals surface area contributed by atoms with E-state index in [1.165, 1.54) is 12.8 Å². The monoisotopic (exact) mass is 234 g/mol. The van der Waals surface area contributed by atoms with Gasteiger partial charge in [-0.15, -0.1) is 0 Å². The first-order chi connectivity index (χ1) is 8.10. The zero-order valence-electron chi connectivity index (χ0n) is 10.8. The number of carbonyl (C=O) groups is 1. The van der Waals surface area contributed by atoms with Crippen LogP contribution < -0.4 is 0 Å². The highest BCUT2D eigenvalue weighted by molar-refractivity contribution is 5.89. The number of Topliss-reactive ketones (excluding diaryl/α,β-unsaturated/α-hetero) is 1. The molecule has 0 saturated heterocycles. The lowest BCUT2D eigenvalue weighted by Crippen LogP contribution is -2.40. The van der Waals surface area contributed by atoms with Gasteiger partial charge in [-0.3, -0.25) is 4.79 Å². The van der Waals surface area contributed by atoms with Crippen LogP contribution in [0.2, 0.25) is 0 Å². The Hall–Kier alpha value is -0.890. The van der Waals surface area contributed by atoms with Crippen molar-refractivity contribution in [1.82, 2.24) is 0 Å². The molecule has 0 heterocycles. The van der Waals surface area contributed by atoms with Crippen molar-refractivity contribution in [3.05, 3.63) is 23.8 Å². The highest BCUT2D eigenvalue weighted by atomic mass is 16.3. The fourth-order valence-corrected chi connectivity index (χ4v) is 3.43.